The zero-order valence-electron chi connectivity index (χ0n) is 15.9. The molecule has 1 aliphatic heterocycles. The molecule has 0 saturated heterocycles. The van der Waals surface area contributed by atoms with E-state index in [0.29, 0.717) is 11.1 Å². The van der Waals surface area contributed by atoms with Crippen LogP contribution in [-0.2, 0) is 9.53 Å². The predicted octanol–water partition coefficient (Wildman–Crippen LogP) is 4.30. The summed E-state index contributed by atoms with van der Waals surface area (Å²) in [5, 5.41) is 11.3. The molecule has 148 valence electrons. The van der Waals surface area contributed by atoms with E-state index in [2.05, 4.69) is 0 Å². The van der Waals surface area contributed by atoms with Crippen LogP contribution in [0.2, 0.25) is 0 Å². The topological polar surface area (TPSA) is 89.8 Å². The van der Waals surface area contributed by atoms with Crippen molar-refractivity contribution >= 4 is 34.5 Å². The van der Waals surface area contributed by atoms with Crippen molar-refractivity contribution in [1.82, 2.24) is 0 Å². The van der Waals surface area contributed by atoms with E-state index in [1.165, 1.54) is 25.3 Å². The van der Waals surface area contributed by atoms with E-state index < -0.39 is 16.7 Å². The van der Waals surface area contributed by atoms with Crippen LogP contribution in [0.4, 0.5) is 11.4 Å². The average molecular weight is 400 g/mol. The number of carbonyl (C=O) groups is 2. The molecule has 0 saturated carbocycles. The van der Waals surface area contributed by atoms with Crippen molar-refractivity contribution in [3.05, 3.63) is 106 Å². The fraction of sp³-hybridized carbons (Fsp3) is 0.0435. The van der Waals surface area contributed by atoms with Crippen LogP contribution < -0.4 is 4.90 Å². The average Bonchev–Trinajstić information content (AvgIpc) is 3.06. The Bertz CT molecular complexity index is 1190. The van der Waals surface area contributed by atoms with E-state index in [9.17, 15) is 19.7 Å². The highest BCUT2D eigenvalue weighted by molar-refractivity contribution is 6.44. The normalized spacial score (nSPS) is 14.3. The highest BCUT2D eigenvalue weighted by Crippen LogP contribution is 2.43. The molecule has 7 nitrogen and oxygen atoms in total. The number of fused-ring (bicyclic) bond motifs is 1. The number of hydrogen-bond acceptors (Lipinski definition) is 5. The van der Waals surface area contributed by atoms with E-state index in [-0.39, 0.29) is 28.3 Å². The third-order valence-electron chi connectivity index (χ3n) is 4.81. The van der Waals surface area contributed by atoms with Gasteiger partial charge in [0.1, 0.15) is 5.76 Å². The van der Waals surface area contributed by atoms with Crippen LogP contribution in [0.3, 0.4) is 0 Å². The molecule has 4 rings (SSSR count). The Morgan fingerprint density at radius 2 is 1.53 bits per heavy atom. The van der Waals surface area contributed by atoms with Gasteiger partial charge < -0.3 is 4.74 Å². The summed E-state index contributed by atoms with van der Waals surface area (Å²) in [4.78, 5) is 38.4. The Labute approximate surface area is 172 Å². The maximum Gasteiger partial charge on any atom is 0.270 e. The minimum atomic E-state index is -0.597. The van der Waals surface area contributed by atoms with Gasteiger partial charge in [0.25, 0.3) is 17.5 Å². The molecule has 0 fully saturated rings. The number of rotatable bonds is 4. The fourth-order valence-corrected chi connectivity index (χ4v) is 3.45. The van der Waals surface area contributed by atoms with E-state index in [4.69, 9.17) is 4.74 Å². The maximum absolute atomic E-state index is 13.4. The number of nitro groups is 1. The first kappa shape index (κ1) is 19.1. The standard InChI is InChI=1S/C23H16N2O5/c1-30-21(15-8-4-2-5-9-15)20-18-14-17(25(28)29)12-13-19(18)24(23(20)27)22(26)16-10-6-3-7-11-16/h2-14H,1H3. The largest absolute Gasteiger partial charge is 0.495 e. The lowest BCUT2D eigenvalue weighted by Gasteiger charge is -2.15. The molecule has 3 aromatic rings. The first-order valence-corrected chi connectivity index (χ1v) is 9.09. The first-order valence-electron chi connectivity index (χ1n) is 9.09. The Morgan fingerprint density at radius 1 is 0.933 bits per heavy atom. The Balaban J connectivity index is 1.96. The van der Waals surface area contributed by atoms with Crippen LogP contribution in [0, 0.1) is 10.1 Å². The summed E-state index contributed by atoms with van der Waals surface area (Å²) >= 11 is 0. The number of nitrogens with zero attached hydrogens (tertiary/aromatic N) is 2. The highest BCUT2D eigenvalue weighted by Gasteiger charge is 2.40. The van der Waals surface area contributed by atoms with Gasteiger partial charge in [-0.15, -0.1) is 0 Å². The van der Waals surface area contributed by atoms with Crippen molar-refractivity contribution in [2.75, 3.05) is 12.0 Å². The van der Waals surface area contributed by atoms with Crippen molar-refractivity contribution in [3.63, 3.8) is 0 Å². The second kappa shape index (κ2) is 7.63. The Kier molecular flexibility index (Phi) is 4.85. The molecule has 0 unspecified atom stereocenters. The van der Waals surface area contributed by atoms with Crippen molar-refractivity contribution in [3.8, 4) is 0 Å². The number of hydrogen-bond donors (Lipinski definition) is 0. The molecule has 0 aliphatic carbocycles. The molecular weight excluding hydrogens is 384 g/mol. The molecule has 30 heavy (non-hydrogen) atoms. The maximum atomic E-state index is 13.4. The van der Waals surface area contributed by atoms with Crippen molar-refractivity contribution in [2.45, 2.75) is 0 Å². The Hall–Kier alpha value is -4.26. The fourth-order valence-electron chi connectivity index (χ4n) is 3.45. The molecule has 3 aromatic carbocycles. The number of carbonyl (C=O) groups excluding carboxylic acids is 2. The van der Waals surface area contributed by atoms with Crippen molar-refractivity contribution in [2.24, 2.45) is 0 Å². The number of imide groups is 1. The third kappa shape index (κ3) is 3.12. The van der Waals surface area contributed by atoms with Gasteiger partial charge in [-0.25, -0.2) is 4.90 Å². The summed E-state index contributed by atoms with van der Waals surface area (Å²) in [7, 11) is 1.42. The summed E-state index contributed by atoms with van der Waals surface area (Å²) < 4.78 is 5.53. The minimum Gasteiger partial charge on any atom is -0.495 e. The second-order valence-electron chi connectivity index (χ2n) is 6.54. The molecule has 0 atom stereocenters. The van der Waals surface area contributed by atoms with Gasteiger partial charge in [0.15, 0.2) is 0 Å². The van der Waals surface area contributed by atoms with E-state index in [1.54, 1.807) is 54.6 Å². The number of amides is 2. The quantitative estimate of drug-likeness (QED) is 0.214. The predicted molar refractivity (Wildman–Crippen MR) is 112 cm³/mol. The molecule has 0 bridgehead atoms. The second-order valence-corrected chi connectivity index (χ2v) is 6.54. The van der Waals surface area contributed by atoms with Gasteiger partial charge >= 0.3 is 0 Å². The molecule has 0 radical (unpaired) electrons. The molecular formula is C23H16N2O5. The van der Waals surface area contributed by atoms with Gasteiger partial charge in [-0.1, -0.05) is 48.5 Å². The molecule has 2 amide bonds. The number of anilines is 1. The molecule has 0 spiro atoms. The van der Waals surface area contributed by atoms with Crippen LogP contribution in [0.5, 0.6) is 0 Å². The first-order chi connectivity index (χ1) is 14.5. The van der Waals surface area contributed by atoms with Crippen LogP contribution in [0.1, 0.15) is 21.5 Å². The van der Waals surface area contributed by atoms with Crippen molar-refractivity contribution < 1.29 is 19.2 Å². The molecule has 1 aliphatic rings. The highest BCUT2D eigenvalue weighted by atomic mass is 16.6. The summed E-state index contributed by atoms with van der Waals surface area (Å²) in [5.41, 5.74) is 1.42. The summed E-state index contributed by atoms with van der Waals surface area (Å²) in [6.07, 6.45) is 0. The van der Waals surface area contributed by atoms with Gasteiger partial charge in [-0.2, -0.15) is 0 Å². The van der Waals surface area contributed by atoms with Crippen LogP contribution in [0.25, 0.3) is 11.3 Å². The smallest absolute Gasteiger partial charge is 0.270 e. The van der Waals surface area contributed by atoms with E-state index >= 15 is 0 Å². The van der Waals surface area contributed by atoms with Gasteiger partial charge in [0.05, 0.1) is 23.3 Å². The zero-order chi connectivity index (χ0) is 21.3. The number of methoxy groups -OCH3 is 1. The molecule has 0 N–H and O–H groups in total. The number of ether oxygens (including phenoxy) is 1. The number of benzene rings is 3. The van der Waals surface area contributed by atoms with Crippen molar-refractivity contribution in [1.29, 1.82) is 0 Å². The zero-order valence-corrected chi connectivity index (χ0v) is 15.9. The van der Waals surface area contributed by atoms with Crippen LogP contribution in [-0.4, -0.2) is 23.8 Å². The SMILES string of the molecule is COC(=C1C(=O)N(C(=O)c2ccccc2)c2ccc([N+](=O)[O-])cc21)c1ccccc1. The summed E-state index contributed by atoms with van der Waals surface area (Å²) in [6.45, 7) is 0. The summed E-state index contributed by atoms with van der Waals surface area (Å²) in [6, 6.07) is 21.3. The monoisotopic (exact) mass is 400 g/mol. The van der Waals surface area contributed by atoms with Gasteiger partial charge in [-0.3, -0.25) is 19.7 Å². The number of nitro benzene ring substituents is 1. The lowest BCUT2D eigenvalue weighted by Crippen LogP contribution is -2.33. The van der Waals surface area contributed by atoms with E-state index in [0.717, 1.165) is 4.90 Å². The summed E-state index contributed by atoms with van der Waals surface area (Å²) in [5.74, 6) is -0.875. The lowest BCUT2D eigenvalue weighted by atomic mass is 10.0. The Morgan fingerprint density at radius 3 is 2.10 bits per heavy atom. The van der Waals surface area contributed by atoms with Gasteiger partial charge in [0, 0.05) is 28.8 Å². The number of non-ortho nitro benzene ring substituents is 1. The lowest BCUT2D eigenvalue weighted by molar-refractivity contribution is -0.384. The third-order valence-corrected chi connectivity index (χ3v) is 4.81. The minimum absolute atomic E-state index is 0.103. The van der Waals surface area contributed by atoms with Gasteiger partial charge in [-0.05, 0) is 18.2 Å². The molecule has 0 aromatic heterocycles. The van der Waals surface area contributed by atoms with Crippen LogP contribution >= 0.6 is 0 Å². The van der Waals surface area contributed by atoms with Gasteiger partial charge in [0.2, 0.25) is 0 Å². The molecule has 7 heteroatoms. The van der Waals surface area contributed by atoms with Crippen LogP contribution in [0.15, 0.2) is 78.9 Å². The van der Waals surface area contributed by atoms with E-state index in [1.807, 2.05) is 6.07 Å². The molecule has 1 heterocycles.